The Labute approximate surface area is 176 Å². The summed E-state index contributed by atoms with van der Waals surface area (Å²) in [7, 11) is 0. The summed E-state index contributed by atoms with van der Waals surface area (Å²) < 4.78 is 10.6. The van der Waals surface area contributed by atoms with Gasteiger partial charge in [-0.15, -0.1) is 0 Å². The van der Waals surface area contributed by atoms with Crippen LogP contribution < -0.4 is 5.32 Å². The molecule has 4 fully saturated rings. The Balaban J connectivity index is 1.12. The van der Waals surface area contributed by atoms with E-state index in [4.69, 9.17) is 9.15 Å². The number of para-hydroxylation sites is 2. The third kappa shape index (κ3) is 3.75. The van der Waals surface area contributed by atoms with E-state index in [9.17, 15) is 9.59 Å². The third-order valence-electron chi connectivity index (χ3n) is 7.40. The van der Waals surface area contributed by atoms with Crippen molar-refractivity contribution in [3.63, 3.8) is 0 Å². The Hall–Kier alpha value is -2.63. The van der Waals surface area contributed by atoms with Gasteiger partial charge in [0, 0.05) is 18.2 Å². The number of rotatable bonds is 6. The van der Waals surface area contributed by atoms with Gasteiger partial charge < -0.3 is 14.5 Å². The molecule has 0 aliphatic heterocycles. The average Bonchev–Trinajstić information content (AvgIpc) is 3.13. The van der Waals surface area contributed by atoms with Crippen LogP contribution >= 0.6 is 0 Å². The number of aromatic nitrogens is 1. The standard InChI is InChI=1S/C24H28N2O4/c1-15(24-11-16-8-17(12-24)10-18(9-16)13-24)25-21(27)14-29-23(28)7-6-22-26-19-4-2-3-5-20(19)30-22/h2-7,15-18H,8-14H2,1H3,(H,25,27)/b7-6+/t15-,16?,17?,18?,24?/m1/s1. The molecule has 0 saturated heterocycles. The maximum Gasteiger partial charge on any atom is 0.331 e. The first kappa shape index (κ1) is 19.3. The number of amides is 1. The molecule has 4 bridgehead atoms. The van der Waals surface area contributed by atoms with Crippen LogP contribution in [0.2, 0.25) is 0 Å². The lowest BCUT2D eigenvalue weighted by Gasteiger charge is -2.59. The molecule has 4 saturated carbocycles. The fraction of sp³-hybridized carbons (Fsp3) is 0.542. The van der Waals surface area contributed by atoms with Crippen molar-refractivity contribution in [2.45, 2.75) is 51.5 Å². The number of carbonyl (C=O) groups is 2. The van der Waals surface area contributed by atoms with Crippen LogP contribution in [-0.4, -0.2) is 29.5 Å². The average molecular weight is 408 g/mol. The van der Waals surface area contributed by atoms with Crippen molar-refractivity contribution in [2.75, 3.05) is 6.61 Å². The van der Waals surface area contributed by atoms with Gasteiger partial charge in [-0.1, -0.05) is 12.1 Å². The second kappa shape index (κ2) is 7.56. The molecule has 0 unspecified atom stereocenters. The minimum Gasteiger partial charge on any atom is -0.452 e. The first-order chi connectivity index (χ1) is 14.5. The van der Waals surface area contributed by atoms with E-state index < -0.39 is 5.97 Å². The highest BCUT2D eigenvalue weighted by Crippen LogP contribution is 2.61. The van der Waals surface area contributed by atoms with E-state index in [-0.39, 0.29) is 24.0 Å². The number of oxazole rings is 1. The normalized spacial score (nSPS) is 30.6. The molecule has 4 aliphatic rings. The van der Waals surface area contributed by atoms with Crippen LogP contribution in [0.1, 0.15) is 51.3 Å². The van der Waals surface area contributed by atoms with Crippen molar-refractivity contribution >= 4 is 29.1 Å². The molecule has 1 aromatic carbocycles. The molecule has 1 heterocycles. The molecule has 0 radical (unpaired) electrons. The first-order valence-electron chi connectivity index (χ1n) is 11.0. The zero-order valence-corrected chi connectivity index (χ0v) is 17.3. The summed E-state index contributed by atoms with van der Waals surface area (Å²) in [6.07, 6.45) is 10.5. The Morgan fingerprint density at radius 3 is 2.53 bits per heavy atom. The number of hydrogen-bond acceptors (Lipinski definition) is 5. The van der Waals surface area contributed by atoms with E-state index in [0.717, 1.165) is 23.3 Å². The van der Waals surface area contributed by atoms with E-state index in [1.807, 2.05) is 24.3 Å². The van der Waals surface area contributed by atoms with Gasteiger partial charge in [0.15, 0.2) is 12.2 Å². The largest absolute Gasteiger partial charge is 0.452 e. The summed E-state index contributed by atoms with van der Waals surface area (Å²) in [4.78, 5) is 28.7. The summed E-state index contributed by atoms with van der Waals surface area (Å²) in [5, 5.41) is 3.11. The first-order valence-corrected chi connectivity index (χ1v) is 11.0. The van der Waals surface area contributed by atoms with E-state index in [2.05, 4.69) is 17.2 Å². The van der Waals surface area contributed by atoms with Gasteiger partial charge in [-0.2, -0.15) is 0 Å². The molecule has 1 amide bonds. The van der Waals surface area contributed by atoms with Gasteiger partial charge >= 0.3 is 5.97 Å². The van der Waals surface area contributed by atoms with E-state index >= 15 is 0 Å². The van der Waals surface area contributed by atoms with Crippen molar-refractivity contribution < 1.29 is 18.7 Å². The molecule has 1 N–H and O–H groups in total. The van der Waals surface area contributed by atoms with Crippen LogP contribution in [0.15, 0.2) is 34.8 Å². The van der Waals surface area contributed by atoms with Crippen molar-refractivity contribution in [1.29, 1.82) is 0 Å². The topological polar surface area (TPSA) is 81.4 Å². The lowest BCUT2D eigenvalue weighted by atomic mass is 9.48. The molecule has 0 spiro atoms. The number of benzene rings is 1. The molecular weight excluding hydrogens is 380 g/mol. The number of nitrogens with zero attached hydrogens (tertiary/aromatic N) is 1. The zero-order valence-electron chi connectivity index (χ0n) is 17.3. The van der Waals surface area contributed by atoms with E-state index in [1.165, 1.54) is 50.7 Å². The van der Waals surface area contributed by atoms with Crippen LogP contribution in [0.25, 0.3) is 17.2 Å². The predicted molar refractivity (Wildman–Crippen MR) is 112 cm³/mol. The lowest BCUT2D eigenvalue weighted by molar-refractivity contribution is -0.145. The van der Waals surface area contributed by atoms with Gasteiger partial charge in [0.1, 0.15) is 5.52 Å². The number of carbonyl (C=O) groups excluding carboxylic acids is 2. The third-order valence-corrected chi connectivity index (χ3v) is 7.40. The van der Waals surface area contributed by atoms with Crippen molar-refractivity contribution in [3.8, 4) is 0 Å². The Morgan fingerprint density at radius 2 is 1.87 bits per heavy atom. The maximum atomic E-state index is 12.4. The number of ether oxygens (including phenoxy) is 1. The van der Waals surface area contributed by atoms with Gasteiger partial charge in [0.25, 0.3) is 5.91 Å². The molecule has 1 aromatic heterocycles. The molecule has 1 atom stereocenters. The Bertz CT molecular complexity index is 924. The summed E-state index contributed by atoms with van der Waals surface area (Å²) in [5.74, 6) is 2.02. The van der Waals surface area contributed by atoms with Gasteiger partial charge in [0.05, 0.1) is 0 Å². The monoisotopic (exact) mass is 408 g/mol. The molecule has 6 nitrogen and oxygen atoms in total. The van der Waals surface area contributed by atoms with Crippen LogP contribution in [0.4, 0.5) is 0 Å². The second-order valence-corrected chi connectivity index (χ2v) is 9.53. The predicted octanol–water partition coefficient (Wildman–Crippen LogP) is 4.11. The fourth-order valence-electron chi connectivity index (χ4n) is 6.43. The highest BCUT2D eigenvalue weighted by Gasteiger charge is 2.53. The molecule has 2 aromatic rings. The van der Waals surface area contributed by atoms with Crippen LogP contribution in [0.5, 0.6) is 0 Å². The van der Waals surface area contributed by atoms with Gasteiger partial charge in [0.2, 0.25) is 5.89 Å². The number of hydrogen-bond donors (Lipinski definition) is 1. The van der Waals surface area contributed by atoms with Gasteiger partial charge in [-0.05, 0) is 80.8 Å². The Morgan fingerprint density at radius 1 is 1.20 bits per heavy atom. The van der Waals surface area contributed by atoms with Gasteiger partial charge in [-0.3, -0.25) is 4.79 Å². The highest BCUT2D eigenvalue weighted by molar-refractivity contribution is 5.89. The van der Waals surface area contributed by atoms with Crippen LogP contribution in [-0.2, 0) is 14.3 Å². The number of nitrogens with one attached hydrogen (secondary N) is 1. The second-order valence-electron chi connectivity index (χ2n) is 9.53. The number of esters is 1. The lowest BCUT2D eigenvalue weighted by Crippen LogP contribution is -2.56. The van der Waals surface area contributed by atoms with E-state index in [0.29, 0.717) is 11.5 Å². The SMILES string of the molecule is C[C@@H](NC(=O)COC(=O)/C=C/c1nc2ccccc2o1)C12CC3CC(CC(C3)C1)C2. The number of fused-ring (bicyclic) bond motifs is 1. The van der Waals surface area contributed by atoms with Crippen molar-refractivity contribution in [3.05, 3.63) is 36.2 Å². The molecular formula is C24H28N2O4. The van der Waals surface area contributed by atoms with E-state index in [1.54, 1.807) is 0 Å². The highest BCUT2D eigenvalue weighted by atomic mass is 16.5. The Kier molecular flexibility index (Phi) is 4.88. The van der Waals surface area contributed by atoms with Crippen LogP contribution in [0.3, 0.4) is 0 Å². The molecule has 4 aliphatic carbocycles. The summed E-state index contributed by atoms with van der Waals surface area (Å²) in [5.41, 5.74) is 1.62. The molecule has 30 heavy (non-hydrogen) atoms. The minimum absolute atomic E-state index is 0.118. The maximum absolute atomic E-state index is 12.4. The quantitative estimate of drug-likeness (QED) is 0.575. The molecule has 158 valence electrons. The zero-order chi connectivity index (χ0) is 20.7. The van der Waals surface area contributed by atoms with Crippen LogP contribution in [0, 0.1) is 23.2 Å². The summed E-state index contributed by atoms with van der Waals surface area (Å²) >= 11 is 0. The molecule has 6 rings (SSSR count). The van der Waals surface area contributed by atoms with Crippen molar-refractivity contribution in [1.82, 2.24) is 10.3 Å². The summed E-state index contributed by atoms with van der Waals surface area (Å²) in [6, 6.07) is 7.50. The molecule has 6 heteroatoms. The fourth-order valence-corrected chi connectivity index (χ4v) is 6.43. The van der Waals surface area contributed by atoms with Gasteiger partial charge in [-0.25, -0.2) is 9.78 Å². The van der Waals surface area contributed by atoms with Crippen molar-refractivity contribution in [2.24, 2.45) is 23.2 Å². The summed E-state index contributed by atoms with van der Waals surface area (Å²) in [6.45, 7) is 1.85. The minimum atomic E-state index is -0.588. The smallest absolute Gasteiger partial charge is 0.331 e.